The van der Waals surface area contributed by atoms with E-state index in [0.29, 0.717) is 11.4 Å². The molecule has 1 atom stereocenters. The Morgan fingerprint density at radius 1 is 1.35 bits per heavy atom. The highest BCUT2D eigenvalue weighted by atomic mass is 32.2. The predicted molar refractivity (Wildman–Crippen MR) is 72.5 cm³/mol. The van der Waals surface area contributed by atoms with E-state index in [1.54, 1.807) is 24.3 Å². The molecule has 0 radical (unpaired) electrons. The molecule has 0 saturated heterocycles. The Labute approximate surface area is 116 Å². The molecule has 8 heteroatoms. The lowest BCUT2D eigenvalue weighted by atomic mass is 10.3. The summed E-state index contributed by atoms with van der Waals surface area (Å²) in [7, 11) is -2.64. The van der Waals surface area contributed by atoms with Crippen molar-refractivity contribution in [1.82, 2.24) is 0 Å². The van der Waals surface area contributed by atoms with Crippen LogP contribution in [0.1, 0.15) is 6.92 Å². The van der Waals surface area contributed by atoms with Gasteiger partial charge in [0.15, 0.2) is 15.1 Å². The molecule has 0 spiro atoms. The van der Waals surface area contributed by atoms with Gasteiger partial charge in [-0.05, 0) is 19.1 Å². The number of anilines is 1. The summed E-state index contributed by atoms with van der Waals surface area (Å²) in [6.45, 7) is 1.02. The van der Waals surface area contributed by atoms with Gasteiger partial charge >= 0.3 is 5.97 Å². The van der Waals surface area contributed by atoms with Gasteiger partial charge in [0.25, 0.3) is 0 Å². The van der Waals surface area contributed by atoms with Crippen LogP contribution in [-0.2, 0) is 19.4 Å². The second-order valence-corrected chi connectivity index (χ2v) is 6.36. The van der Waals surface area contributed by atoms with Crippen molar-refractivity contribution in [2.75, 3.05) is 18.2 Å². The van der Waals surface area contributed by atoms with Crippen LogP contribution in [0.2, 0.25) is 0 Å². The molecule has 0 bridgehead atoms. The van der Waals surface area contributed by atoms with Crippen LogP contribution >= 0.6 is 0 Å². The molecule has 0 heterocycles. The Hall–Kier alpha value is -2.09. The van der Waals surface area contributed by atoms with Crippen LogP contribution in [0.3, 0.4) is 0 Å². The monoisotopic (exact) mass is 301 g/mol. The first-order valence-electron chi connectivity index (χ1n) is 5.65. The Balaban J connectivity index is 2.81. The van der Waals surface area contributed by atoms with E-state index in [2.05, 4.69) is 5.32 Å². The smallest absolute Gasteiger partial charge is 0.321 e. The summed E-state index contributed by atoms with van der Waals surface area (Å²) in [4.78, 5) is 22.3. The van der Waals surface area contributed by atoms with Gasteiger partial charge in [0.1, 0.15) is 11.5 Å². The molecule has 0 aliphatic heterocycles. The van der Waals surface area contributed by atoms with Gasteiger partial charge in [0.2, 0.25) is 5.91 Å². The Morgan fingerprint density at radius 3 is 2.50 bits per heavy atom. The van der Waals surface area contributed by atoms with Crippen molar-refractivity contribution in [1.29, 1.82) is 0 Å². The number of carbonyl (C=O) groups is 2. The average Bonchev–Trinajstić information content (AvgIpc) is 2.37. The molecule has 20 heavy (non-hydrogen) atoms. The maximum Gasteiger partial charge on any atom is 0.321 e. The Kier molecular flexibility index (Phi) is 5.09. The molecule has 0 aliphatic rings. The first kappa shape index (κ1) is 16.0. The highest BCUT2D eigenvalue weighted by Gasteiger charge is 2.30. The van der Waals surface area contributed by atoms with Gasteiger partial charge in [-0.3, -0.25) is 9.59 Å². The topological polar surface area (TPSA) is 110 Å². The third-order valence-electron chi connectivity index (χ3n) is 2.60. The van der Waals surface area contributed by atoms with E-state index in [0.717, 1.165) is 6.92 Å². The number of hydrogen-bond acceptors (Lipinski definition) is 5. The van der Waals surface area contributed by atoms with Crippen LogP contribution in [0.15, 0.2) is 24.3 Å². The summed E-state index contributed by atoms with van der Waals surface area (Å²) in [6, 6.07) is 6.48. The van der Waals surface area contributed by atoms with Crippen LogP contribution in [0.4, 0.5) is 5.69 Å². The number of hydrogen-bond donors (Lipinski definition) is 2. The summed E-state index contributed by atoms with van der Waals surface area (Å²) in [5.41, 5.74) is 0.318. The summed E-state index contributed by atoms with van der Waals surface area (Å²) in [5.74, 6) is -2.83. The van der Waals surface area contributed by atoms with E-state index < -0.39 is 32.7 Å². The van der Waals surface area contributed by atoms with Gasteiger partial charge in [0.05, 0.1) is 12.8 Å². The lowest BCUT2D eigenvalue weighted by Crippen LogP contribution is -2.34. The van der Waals surface area contributed by atoms with Gasteiger partial charge < -0.3 is 15.2 Å². The molecule has 1 amide bonds. The quantitative estimate of drug-likeness (QED) is 0.792. The van der Waals surface area contributed by atoms with Gasteiger partial charge in [-0.25, -0.2) is 8.42 Å². The molecule has 1 aromatic rings. The van der Waals surface area contributed by atoms with Crippen LogP contribution < -0.4 is 10.1 Å². The number of sulfone groups is 1. The van der Waals surface area contributed by atoms with Crippen molar-refractivity contribution in [3.63, 3.8) is 0 Å². The predicted octanol–water partition coefficient (Wildman–Crippen LogP) is 0.522. The van der Waals surface area contributed by atoms with Gasteiger partial charge in [0, 0.05) is 0 Å². The first-order chi connectivity index (χ1) is 9.27. The van der Waals surface area contributed by atoms with Crippen LogP contribution in [-0.4, -0.2) is 43.5 Å². The maximum atomic E-state index is 11.7. The molecular weight excluding hydrogens is 286 g/mol. The fourth-order valence-electron chi connectivity index (χ4n) is 1.40. The number of ether oxygens (including phenoxy) is 1. The number of nitrogens with one attached hydrogen (secondary N) is 1. The summed E-state index contributed by atoms with van der Waals surface area (Å²) >= 11 is 0. The second-order valence-electron chi connectivity index (χ2n) is 4.04. The third kappa shape index (κ3) is 3.95. The van der Waals surface area contributed by atoms with Crippen molar-refractivity contribution < 1.29 is 27.9 Å². The third-order valence-corrected chi connectivity index (χ3v) is 4.54. The number of carboxylic acids is 1. The van der Waals surface area contributed by atoms with E-state index in [4.69, 9.17) is 9.84 Å². The minimum Gasteiger partial charge on any atom is -0.495 e. The van der Waals surface area contributed by atoms with Crippen molar-refractivity contribution in [3.8, 4) is 5.75 Å². The number of rotatable bonds is 6. The lowest BCUT2D eigenvalue weighted by molar-refractivity contribution is -0.136. The van der Waals surface area contributed by atoms with E-state index in [-0.39, 0.29) is 0 Å². The molecule has 0 aromatic heterocycles. The number of amides is 1. The van der Waals surface area contributed by atoms with Crippen molar-refractivity contribution in [3.05, 3.63) is 24.3 Å². The first-order valence-corrected chi connectivity index (χ1v) is 7.36. The zero-order chi connectivity index (χ0) is 15.3. The fraction of sp³-hybridized carbons (Fsp3) is 0.333. The maximum absolute atomic E-state index is 11.7. The second kappa shape index (κ2) is 6.38. The van der Waals surface area contributed by atoms with Crippen molar-refractivity contribution in [2.24, 2.45) is 0 Å². The minimum atomic E-state index is -4.05. The molecule has 0 aliphatic carbocycles. The normalized spacial score (nSPS) is 12.5. The fourth-order valence-corrected chi connectivity index (χ4v) is 2.39. The highest BCUT2D eigenvalue weighted by Crippen LogP contribution is 2.23. The largest absolute Gasteiger partial charge is 0.495 e. The van der Waals surface area contributed by atoms with Crippen LogP contribution in [0, 0.1) is 0 Å². The summed E-state index contributed by atoms with van der Waals surface area (Å²) in [6.07, 6.45) is 0. The van der Waals surface area contributed by atoms with E-state index in [1.165, 1.54) is 7.11 Å². The van der Waals surface area contributed by atoms with E-state index in [9.17, 15) is 18.0 Å². The number of carboxylic acid groups (broad SMARTS) is 1. The van der Waals surface area contributed by atoms with E-state index >= 15 is 0 Å². The molecule has 1 rings (SSSR count). The molecule has 7 nitrogen and oxygen atoms in total. The number of methoxy groups -OCH3 is 1. The SMILES string of the molecule is COc1ccccc1NC(=O)CS(=O)(=O)C(C)C(=O)O. The number of carbonyl (C=O) groups excluding carboxylic acids is 1. The lowest BCUT2D eigenvalue weighted by Gasteiger charge is -2.11. The van der Waals surface area contributed by atoms with Gasteiger partial charge in [-0.2, -0.15) is 0 Å². The molecule has 0 fully saturated rings. The standard InChI is InChI=1S/C12H15NO6S/c1-8(12(15)16)20(17,18)7-11(14)13-9-5-3-4-6-10(9)19-2/h3-6,8H,7H2,1-2H3,(H,13,14)(H,15,16). The van der Waals surface area contributed by atoms with E-state index in [1.807, 2.05) is 0 Å². The zero-order valence-corrected chi connectivity index (χ0v) is 11.8. The molecule has 0 saturated carbocycles. The molecule has 2 N–H and O–H groups in total. The van der Waals surface area contributed by atoms with Crippen LogP contribution in [0.5, 0.6) is 5.75 Å². The molecule has 1 aromatic carbocycles. The van der Waals surface area contributed by atoms with Crippen molar-refractivity contribution >= 4 is 27.4 Å². The number of aliphatic carboxylic acids is 1. The highest BCUT2D eigenvalue weighted by molar-refractivity contribution is 7.93. The molecular formula is C12H15NO6S. The van der Waals surface area contributed by atoms with Gasteiger partial charge in [-0.1, -0.05) is 12.1 Å². The van der Waals surface area contributed by atoms with Crippen LogP contribution in [0.25, 0.3) is 0 Å². The Bertz CT molecular complexity index is 610. The molecule has 1 unspecified atom stereocenters. The molecule has 110 valence electrons. The van der Waals surface area contributed by atoms with Gasteiger partial charge in [-0.15, -0.1) is 0 Å². The van der Waals surface area contributed by atoms with Crippen molar-refractivity contribution in [2.45, 2.75) is 12.2 Å². The number of benzene rings is 1. The Morgan fingerprint density at radius 2 is 1.95 bits per heavy atom. The summed E-state index contributed by atoms with van der Waals surface area (Å²) in [5, 5.41) is 9.41. The zero-order valence-electron chi connectivity index (χ0n) is 11.0. The minimum absolute atomic E-state index is 0.318. The number of para-hydroxylation sites is 2. The summed E-state index contributed by atoms with van der Waals surface area (Å²) < 4.78 is 28.3. The average molecular weight is 301 g/mol.